The van der Waals surface area contributed by atoms with Crippen LogP contribution < -0.4 is 9.47 Å². The van der Waals surface area contributed by atoms with E-state index in [1.54, 1.807) is 12.1 Å². The molecule has 0 N–H and O–H groups in total. The summed E-state index contributed by atoms with van der Waals surface area (Å²) in [7, 11) is 1.25. The number of nitrogens with zero attached hydrogens (tertiary/aromatic N) is 2. The van der Waals surface area contributed by atoms with Gasteiger partial charge in [-0.1, -0.05) is 0 Å². The molecule has 0 aliphatic heterocycles. The summed E-state index contributed by atoms with van der Waals surface area (Å²) in [6.07, 6.45) is 4.88. The fourth-order valence-corrected chi connectivity index (χ4v) is 2.17. The van der Waals surface area contributed by atoms with Gasteiger partial charge in [-0.05, 0) is 37.0 Å². The molecule has 2 aromatic rings. The van der Waals surface area contributed by atoms with Gasteiger partial charge in [0, 0.05) is 5.56 Å². The molecule has 0 saturated heterocycles. The van der Waals surface area contributed by atoms with Gasteiger partial charge in [-0.25, -0.2) is 9.78 Å². The van der Waals surface area contributed by atoms with Gasteiger partial charge in [-0.3, -0.25) is 4.98 Å². The van der Waals surface area contributed by atoms with Crippen molar-refractivity contribution in [1.29, 1.82) is 0 Å². The largest absolute Gasteiger partial charge is 0.489 e. The number of esters is 1. The maximum absolute atomic E-state index is 12.6. The lowest BCUT2D eigenvalue weighted by molar-refractivity contribution is -0.0515. The molecule has 0 bridgehead atoms. The molecule has 1 aliphatic rings. The zero-order chi connectivity index (χ0) is 17.8. The van der Waals surface area contributed by atoms with Gasteiger partial charge in [0.1, 0.15) is 0 Å². The van der Waals surface area contributed by atoms with Crippen molar-refractivity contribution in [3.63, 3.8) is 0 Å². The number of aromatic nitrogens is 2. The smallest absolute Gasteiger partial charge is 0.387 e. The van der Waals surface area contributed by atoms with Gasteiger partial charge in [0.15, 0.2) is 17.2 Å². The number of carbonyl (C=O) groups excluding carboxylic acids is 1. The van der Waals surface area contributed by atoms with Crippen molar-refractivity contribution in [3.05, 3.63) is 36.3 Å². The van der Waals surface area contributed by atoms with Crippen molar-refractivity contribution >= 4 is 5.97 Å². The fourth-order valence-electron chi connectivity index (χ4n) is 2.17. The van der Waals surface area contributed by atoms with Crippen LogP contribution in [0.5, 0.6) is 11.5 Å². The minimum atomic E-state index is -2.95. The lowest BCUT2D eigenvalue weighted by Crippen LogP contribution is -2.07. The van der Waals surface area contributed by atoms with Crippen LogP contribution in [0.4, 0.5) is 8.78 Å². The number of alkyl halides is 2. The Balaban J connectivity index is 1.90. The molecule has 0 amide bonds. The third-order valence-electron chi connectivity index (χ3n) is 3.66. The minimum Gasteiger partial charge on any atom is -0.489 e. The van der Waals surface area contributed by atoms with Crippen molar-refractivity contribution in [2.24, 2.45) is 5.92 Å². The number of methoxy groups -OCH3 is 1. The number of benzene rings is 1. The SMILES string of the molecule is COC(=O)c1cncc(-c2ccc(OC(F)F)c(OCC3CC3)c2)n1. The maximum Gasteiger partial charge on any atom is 0.387 e. The highest BCUT2D eigenvalue weighted by atomic mass is 19.3. The number of ether oxygens (including phenoxy) is 3. The Labute approximate surface area is 142 Å². The van der Waals surface area contributed by atoms with Crippen LogP contribution in [0.15, 0.2) is 30.6 Å². The van der Waals surface area contributed by atoms with Gasteiger partial charge < -0.3 is 14.2 Å². The summed E-state index contributed by atoms with van der Waals surface area (Å²) in [6.45, 7) is -2.51. The summed E-state index contributed by atoms with van der Waals surface area (Å²) < 4.78 is 39.9. The average Bonchev–Trinajstić information content (AvgIpc) is 3.44. The Bertz CT molecular complexity index is 766. The first-order valence-corrected chi connectivity index (χ1v) is 7.69. The molecule has 6 nitrogen and oxygen atoms in total. The molecular weight excluding hydrogens is 334 g/mol. The standard InChI is InChI=1S/C17H16F2N2O4/c1-23-16(22)13-8-20-7-12(21-13)11-4-5-14(25-17(18)19)15(6-11)24-9-10-2-3-10/h4-8,10,17H,2-3,9H2,1H3. The van der Waals surface area contributed by atoms with Gasteiger partial charge in [0.05, 0.1) is 31.8 Å². The normalized spacial score (nSPS) is 13.6. The molecule has 0 radical (unpaired) electrons. The molecule has 8 heteroatoms. The van der Waals surface area contributed by atoms with E-state index in [0.717, 1.165) is 12.8 Å². The molecule has 1 aromatic carbocycles. The highest BCUT2D eigenvalue weighted by Crippen LogP contribution is 2.36. The van der Waals surface area contributed by atoms with E-state index in [2.05, 4.69) is 19.4 Å². The third-order valence-corrected chi connectivity index (χ3v) is 3.66. The van der Waals surface area contributed by atoms with Gasteiger partial charge in [-0.2, -0.15) is 8.78 Å². The fraction of sp³-hybridized carbons (Fsp3) is 0.353. The molecule has 0 unspecified atom stereocenters. The second-order valence-electron chi connectivity index (χ2n) is 5.58. The van der Waals surface area contributed by atoms with Crippen molar-refractivity contribution in [2.45, 2.75) is 19.5 Å². The molecule has 1 aliphatic carbocycles. The van der Waals surface area contributed by atoms with E-state index in [1.807, 2.05) is 0 Å². The first-order valence-electron chi connectivity index (χ1n) is 7.69. The van der Waals surface area contributed by atoms with Crippen molar-refractivity contribution < 1.29 is 27.8 Å². The molecule has 0 atom stereocenters. The number of halogens is 2. The van der Waals surface area contributed by atoms with Crippen LogP contribution >= 0.6 is 0 Å². The van der Waals surface area contributed by atoms with Crippen LogP contribution in [0.2, 0.25) is 0 Å². The molecule has 1 fully saturated rings. The molecule has 25 heavy (non-hydrogen) atoms. The summed E-state index contributed by atoms with van der Waals surface area (Å²) in [5.41, 5.74) is 1.00. The Morgan fingerprint density at radius 3 is 2.76 bits per heavy atom. The predicted octanol–water partition coefficient (Wildman–Crippen LogP) is 3.32. The van der Waals surface area contributed by atoms with E-state index in [9.17, 15) is 13.6 Å². The molecule has 0 spiro atoms. The number of hydrogen-bond acceptors (Lipinski definition) is 6. The predicted molar refractivity (Wildman–Crippen MR) is 83.7 cm³/mol. The van der Waals surface area contributed by atoms with Gasteiger partial charge >= 0.3 is 12.6 Å². The maximum atomic E-state index is 12.6. The quantitative estimate of drug-likeness (QED) is 0.714. The lowest BCUT2D eigenvalue weighted by atomic mass is 10.1. The Morgan fingerprint density at radius 1 is 1.28 bits per heavy atom. The zero-order valence-electron chi connectivity index (χ0n) is 13.4. The van der Waals surface area contributed by atoms with Crippen molar-refractivity contribution in [3.8, 4) is 22.8 Å². The molecule has 1 aromatic heterocycles. The summed E-state index contributed by atoms with van der Waals surface area (Å²) >= 11 is 0. The van der Waals surface area contributed by atoms with Crippen LogP contribution in [0.3, 0.4) is 0 Å². The van der Waals surface area contributed by atoms with E-state index >= 15 is 0 Å². The second kappa shape index (κ2) is 7.42. The van der Waals surface area contributed by atoms with Crippen LogP contribution in [0, 0.1) is 5.92 Å². The zero-order valence-corrected chi connectivity index (χ0v) is 13.4. The molecule has 132 valence electrons. The average molecular weight is 350 g/mol. The Kier molecular flexibility index (Phi) is 5.06. The first kappa shape index (κ1) is 17.1. The first-order chi connectivity index (χ1) is 12.1. The van der Waals surface area contributed by atoms with E-state index in [0.29, 0.717) is 23.8 Å². The van der Waals surface area contributed by atoms with E-state index < -0.39 is 12.6 Å². The lowest BCUT2D eigenvalue weighted by Gasteiger charge is -2.13. The molecular formula is C17H16F2N2O4. The van der Waals surface area contributed by atoms with Gasteiger partial charge in [0.2, 0.25) is 0 Å². The second-order valence-corrected chi connectivity index (χ2v) is 5.58. The van der Waals surface area contributed by atoms with Crippen molar-refractivity contribution in [2.75, 3.05) is 13.7 Å². The summed E-state index contributed by atoms with van der Waals surface area (Å²) in [4.78, 5) is 19.7. The molecule has 1 saturated carbocycles. The highest BCUT2D eigenvalue weighted by molar-refractivity contribution is 5.87. The number of carbonyl (C=O) groups is 1. The monoisotopic (exact) mass is 350 g/mol. The summed E-state index contributed by atoms with van der Waals surface area (Å²) in [6, 6.07) is 4.48. The Morgan fingerprint density at radius 2 is 2.08 bits per heavy atom. The molecule has 1 heterocycles. The van der Waals surface area contributed by atoms with E-state index in [1.165, 1.54) is 25.6 Å². The minimum absolute atomic E-state index is 0.0449. The number of rotatable bonds is 7. The highest BCUT2D eigenvalue weighted by Gasteiger charge is 2.23. The van der Waals surface area contributed by atoms with E-state index in [-0.39, 0.29) is 17.2 Å². The Hall–Kier alpha value is -2.77. The van der Waals surface area contributed by atoms with Crippen LogP contribution in [-0.4, -0.2) is 36.3 Å². The molecule has 3 rings (SSSR count). The topological polar surface area (TPSA) is 70.5 Å². The third kappa shape index (κ3) is 4.40. The van der Waals surface area contributed by atoms with Crippen LogP contribution in [0.25, 0.3) is 11.3 Å². The van der Waals surface area contributed by atoms with Crippen LogP contribution in [0.1, 0.15) is 23.3 Å². The summed E-state index contributed by atoms with van der Waals surface area (Å²) in [5.74, 6) is -0.00540. The van der Waals surface area contributed by atoms with Crippen LogP contribution in [-0.2, 0) is 4.74 Å². The van der Waals surface area contributed by atoms with Gasteiger partial charge in [0.25, 0.3) is 0 Å². The number of hydrogen-bond donors (Lipinski definition) is 0. The van der Waals surface area contributed by atoms with E-state index in [4.69, 9.17) is 4.74 Å². The van der Waals surface area contributed by atoms with Gasteiger partial charge in [-0.15, -0.1) is 0 Å². The van der Waals surface area contributed by atoms with Crippen molar-refractivity contribution in [1.82, 2.24) is 9.97 Å². The summed E-state index contributed by atoms with van der Waals surface area (Å²) in [5, 5.41) is 0.